The van der Waals surface area contributed by atoms with Crippen LogP contribution in [0.3, 0.4) is 0 Å². The molecule has 19 heavy (non-hydrogen) atoms. The molecule has 5 heteroatoms. The quantitative estimate of drug-likeness (QED) is 0.624. The van der Waals surface area contributed by atoms with Gasteiger partial charge >= 0.3 is 0 Å². The summed E-state index contributed by atoms with van der Waals surface area (Å²) in [7, 11) is 1.68. The molecule has 5 nitrogen and oxygen atoms in total. The van der Waals surface area contributed by atoms with E-state index in [9.17, 15) is 0 Å². The Morgan fingerprint density at radius 3 is 2.89 bits per heavy atom. The largest absolute Gasteiger partial charge is 0.384 e. The summed E-state index contributed by atoms with van der Waals surface area (Å²) >= 11 is 0. The molecule has 0 aliphatic heterocycles. The van der Waals surface area contributed by atoms with Crippen molar-refractivity contribution in [1.29, 1.82) is 0 Å². The van der Waals surface area contributed by atoms with Crippen LogP contribution in [-0.4, -0.2) is 44.5 Å². The molecule has 0 aliphatic carbocycles. The van der Waals surface area contributed by atoms with E-state index in [1.54, 1.807) is 13.3 Å². The molecule has 1 rings (SSSR count). The zero-order valence-corrected chi connectivity index (χ0v) is 11.9. The van der Waals surface area contributed by atoms with E-state index in [-0.39, 0.29) is 0 Å². The predicted molar refractivity (Wildman–Crippen MR) is 77.1 cm³/mol. The number of hydrogen-bond acceptors (Lipinski definition) is 5. The molecule has 0 saturated carbocycles. The van der Waals surface area contributed by atoms with E-state index in [1.807, 2.05) is 12.1 Å². The average Bonchev–Trinajstić information content (AvgIpc) is 2.38. The monoisotopic (exact) mass is 267 g/mol. The number of nitrogens with zero attached hydrogens (tertiary/aromatic N) is 1. The van der Waals surface area contributed by atoms with Crippen LogP contribution in [0.1, 0.15) is 18.9 Å². The number of aromatic nitrogens is 1. The number of pyridine rings is 1. The van der Waals surface area contributed by atoms with Gasteiger partial charge in [-0.05, 0) is 37.1 Å². The Morgan fingerprint density at radius 1 is 1.37 bits per heavy atom. The van der Waals surface area contributed by atoms with Gasteiger partial charge in [0, 0.05) is 26.0 Å². The first-order valence-corrected chi connectivity index (χ1v) is 6.76. The highest BCUT2D eigenvalue weighted by atomic mass is 16.5. The summed E-state index contributed by atoms with van der Waals surface area (Å²) in [4.78, 5) is 4.01. The maximum absolute atomic E-state index is 5.69. The molecule has 1 heterocycles. The molecule has 0 amide bonds. The van der Waals surface area contributed by atoms with Crippen LogP contribution in [0.15, 0.2) is 18.3 Å². The van der Waals surface area contributed by atoms with Gasteiger partial charge in [-0.25, -0.2) is 4.98 Å². The van der Waals surface area contributed by atoms with Crippen LogP contribution < -0.4 is 11.1 Å². The standard InChI is InChI=1S/C14H25N3O2/c1-3-16-13(5-7-19-9-8-18-2)10-12-4-6-17-14(15)11-12/h4,6,11,13,16H,3,5,7-10H2,1-2H3,(H2,15,17). The van der Waals surface area contributed by atoms with Gasteiger partial charge in [0.25, 0.3) is 0 Å². The number of rotatable bonds is 10. The first-order chi connectivity index (χ1) is 9.26. The van der Waals surface area contributed by atoms with Gasteiger partial charge in [0.05, 0.1) is 13.2 Å². The van der Waals surface area contributed by atoms with Crippen molar-refractivity contribution < 1.29 is 9.47 Å². The molecular formula is C14H25N3O2. The summed E-state index contributed by atoms with van der Waals surface area (Å²) in [5, 5.41) is 3.47. The van der Waals surface area contributed by atoms with Gasteiger partial charge in [0.1, 0.15) is 5.82 Å². The van der Waals surface area contributed by atoms with E-state index in [0.29, 0.717) is 25.1 Å². The van der Waals surface area contributed by atoms with Crippen molar-refractivity contribution in [3.05, 3.63) is 23.9 Å². The van der Waals surface area contributed by atoms with Crippen molar-refractivity contribution in [3.63, 3.8) is 0 Å². The van der Waals surface area contributed by atoms with E-state index < -0.39 is 0 Å². The number of nitrogens with one attached hydrogen (secondary N) is 1. The Hall–Kier alpha value is -1.17. The molecule has 0 aliphatic rings. The lowest BCUT2D eigenvalue weighted by atomic mass is 10.0. The highest BCUT2D eigenvalue weighted by molar-refractivity contribution is 5.32. The van der Waals surface area contributed by atoms with Gasteiger partial charge in [-0.2, -0.15) is 0 Å². The molecule has 0 radical (unpaired) electrons. The molecule has 108 valence electrons. The summed E-state index contributed by atoms with van der Waals surface area (Å²) in [6.07, 6.45) is 3.66. The summed E-state index contributed by atoms with van der Waals surface area (Å²) in [6.45, 7) is 5.09. The van der Waals surface area contributed by atoms with Crippen LogP contribution >= 0.6 is 0 Å². The normalized spacial score (nSPS) is 12.5. The number of hydrogen-bond donors (Lipinski definition) is 2. The lowest BCUT2D eigenvalue weighted by Crippen LogP contribution is -2.32. The molecule has 1 unspecified atom stereocenters. The maximum atomic E-state index is 5.69. The number of methoxy groups -OCH3 is 1. The lowest BCUT2D eigenvalue weighted by molar-refractivity contribution is 0.0659. The Labute approximate surface area is 115 Å². The second kappa shape index (κ2) is 9.72. The van der Waals surface area contributed by atoms with Crippen LogP contribution in [0.2, 0.25) is 0 Å². The van der Waals surface area contributed by atoms with E-state index in [1.165, 1.54) is 5.56 Å². The maximum Gasteiger partial charge on any atom is 0.123 e. The molecule has 1 aromatic rings. The third kappa shape index (κ3) is 7.10. The zero-order chi connectivity index (χ0) is 13.9. The first kappa shape index (κ1) is 15.9. The van der Waals surface area contributed by atoms with Crippen molar-refractivity contribution >= 4 is 5.82 Å². The van der Waals surface area contributed by atoms with Crippen molar-refractivity contribution in [1.82, 2.24) is 10.3 Å². The molecule has 0 spiro atoms. The second-order valence-corrected chi connectivity index (χ2v) is 4.44. The summed E-state index contributed by atoms with van der Waals surface area (Å²) in [5.41, 5.74) is 6.90. The Kier molecular flexibility index (Phi) is 8.13. The Morgan fingerprint density at radius 2 is 2.21 bits per heavy atom. The van der Waals surface area contributed by atoms with Gasteiger partial charge in [0.15, 0.2) is 0 Å². The third-order valence-corrected chi connectivity index (χ3v) is 2.86. The fourth-order valence-electron chi connectivity index (χ4n) is 1.94. The van der Waals surface area contributed by atoms with Crippen LogP contribution in [0.5, 0.6) is 0 Å². The van der Waals surface area contributed by atoms with Gasteiger partial charge in [-0.15, -0.1) is 0 Å². The fourth-order valence-corrected chi connectivity index (χ4v) is 1.94. The minimum atomic E-state index is 0.398. The molecule has 0 fully saturated rings. The van der Waals surface area contributed by atoms with Crippen LogP contribution in [0.4, 0.5) is 5.82 Å². The SMILES string of the molecule is CCNC(CCOCCOC)Cc1ccnc(N)c1. The summed E-state index contributed by atoms with van der Waals surface area (Å²) < 4.78 is 10.5. The number of likely N-dealkylation sites (N-methyl/N-ethyl adjacent to an activating group) is 1. The lowest BCUT2D eigenvalue weighted by Gasteiger charge is -2.18. The van der Waals surface area contributed by atoms with E-state index in [2.05, 4.69) is 17.2 Å². The van der Waals surface area contributed by atoms with Crippen molar-refractivity contribution in [3.8, 4) is 0 Å². The highest BCUT2D eigenvalue weighted by Gasteiger charge is 2.08. The fraction of sp³-hybridized carbons (Fsp3) is 0.643. The van der Waals surface area contributed by atoms with Crippen molar-refractivity contribution in [2.45, 2.75) is 25.8 Å². The number of nitrogen functional groups attached to an aromatic ring is 1. The Bertz CT molecular complexity index is 347. The second-order valence-electron chi connectivity index (χ2n) is 4.44. The molecule has 0 aromatic carbocycles. The van der Waals surface area contributed by atoms with Crippen LogP contribution in [0, 0.1) is 0 Å². The highest BCUT2D eigenvalue weighted by Crippen LogP contribution is 2.08. The number of anilines is 1. The first-order valence-electron chi connectivity index (χ1n) is 6.76. The number of ether oxygens (including phenoxy) is 2. The smallest absolute Gasteiger partial charge is 0.123 e. The van der Waals surface area contributed by atoms with Crippen LogP contribution in [-0.2, 0) is 15.9 Å². The van der Waals surface area contributed by atoms with Crippen LogP contribution in [0.25, 0.3) is 0 Å². The molecular weight excluding hydrogens is 242 g/mol. The summed E-state index contributed by atoms with van der Waals surface area (Å²) in [5.74, 6) is 0.573. The van der Waals surface area contributed by atoms with Crippen molar-refractivity contribution in [2.75, 3.05) is 39.2 Å². The Balaban J connectivity index is 2.35. The molecule has 3 N–H and O–H groups in total. The topological polar surface area (TPSA) is 69.4 Å². The van der Waals surface area contributed by atoms with E-state index >= 15 is 0 Å². The predicted octanol–water partition coefficient (Wildman–Crippen LogP) is 1.24. The molecule has 1 atom stereocenters. The van der Waals surface area contributed by atoms with Gasteiger partial charge in [-0.1, -0.05) is 6.92 Å². The zero-order valence-electron chi connectivity index (χ0n) is 11.9. The van der Waals surface area contributed by atoms with E-state index in [4.69, 9.17) is 15.2 Å². The van der Waals surface area contributed by atoms with Gasteiger partial charge < -0.3 is 20.5 Å². The molecule has 0 saturated heterocycles. The molecule has 1 aromatic heterocycles. The van der Waals surface area contributed by atoms with Gasteiger partial charge in [0.2, 0.25) is 0 Å². The molecule has 0 bridgehead atoms. The van der Waals surface area contributed by atoms with E-state index in [0.717, 1.165) is 26.0 Å². The minimum Gasteiger partial charge on any atom is -0.384 e. The van der Waals surface area contributed by atoms with Crippen molar-refractivity contribution in [2.24, 2.45) is 0 Å². The minimum absolute atomic E-state index is 0.398. The number of nitrogens with two attached hydrogens (primary N) is 1. The van der Waals surface area contributed by atoms with Gasteiger partial charge in [-0.3, -0.25) is 0 Å². The third-order valence-electron chi connectivity index (χ3n) is 2.86. The summed E-state index contributed by atoms with van der Waals surface area (Å²) in [6, 6.07) is 4.33. The average molecular weight is 267 g/mol.